The van der Waals surface area contributed by atoms with Crippen LogP contribution in [0.5, 0.6) is 0 Å². The van der Waals surface area contributed by atoms with Gasteiger partial charge in [0, 0.05) is 11.1 Å². The summed E-state index contributed by atoms with van der Waals surface area (Å²) in [5, 5.41) is 0. The van der Waals surface area contributed by atoms with Gasteiger partial charge in [0.1, 0.15) is 0 Å². The van der Waals surface area contributed by atoms with E-state index in [1.165, 1.54) is 0 Å². The van der Waals surface area contributed by atoms with Gasteiger partial charge >= 0.3 is 0 Å². The highest BCUT2D eigenvalue weighted by atomic mass is 16.1. The van der Waals surface area contributed by atoms with Gasteiger partial charge in [-0.2, -0.15) is 0 Å². The lowest BCUT2D eigenvalue weighted by Gasteiger charge is -2.08. The fourth-order valence-electron chi connectivity index (χ4n) is 2.06. The Labute approximate surface area is 107 Å². The molecule has 92 valence electrons. The molecule has 2 N–H and O–H groups in total. The Morgan fingerprint density at radius 3 is 2.61 bits per heavy atom. The SMILES string of the molecule is Cc1cccc(C(=O)c2ccccc2CCN)c1. The molecule has 0 saturated heterocycles. The largest absolute Gasteiger partial charge is 0.330 e. The zero-order valence-electron chi connectivity index (χ0n) is 10.5. The van der Waals surface area contributed by atoms with Crippen LogP contribution in [0.15, 0.2) is 48.5 Å². The summed E-state index contributed by atoms with van der Waals surface area (Å²) in [6.45, 7) is 2.54. The highest BCUT2D eigenvalue weighted by Crippen LogP contribution is 2.16. The van der Waals surface area contributed by atoms with E-state index in [9.17, 15) is 4.79 Å². The van der Waals surface area contributed by atoms with Gasteiger partial charge in [-0.1, -0.05) is 48.0 Å². The summed E-state index contributed by atoms with van der Waals surface area (Å²) in [4.78, 5) is 12.5. The van der Waals surface area contributed by atoms with E-state index in [1.54, 1.807) is 0 Å². The molecule has 2 heteroatoms. The van der Waals surface area contributed by atoms with E-state index < -0.39 is 0 Å². The fraction of sp³-hybridized carbons (Fsp3) is 0.188. The van der Waals surface area contributed by atoms with Crippen molar-refractivity contribution in [1.29, 1.82) is 0 Å². The molecular weight excluding hydrogens is 222 g/mol. The van der Waals surface area contributed by atoms with Gasteiger partial charge in [0.25, 0.3) is 0 Å². The first-order valence-corrected chi connectivity index (χ1v) is 6.11. The van der Waals surface area contributed by atoms with Crippen molar-refractivity contribution in [3.8, 4) is 0 Å². The number of carbonyl (C=O) groups is 1. The van der Waals surface area contributed by atoms with Gasteiger partial charge in [-0.05, 0) is 31.5 Å². The maximum atomic E-state index is 12.5. The molecule has 0 aliphatic heterocycles. The molecule has 2 nitrogen and oxygen atoms in total. The Kier molecular flexibility index (Phi) is 3.90. The predicted molar refractivity (Wildman–Crippen MR) is 73.8 cm³/mol. The van der Waals surface area contributed by atoms with Crippen molar-refractivity contribution in [2.24, 2.45) is 5.73 Å². The second-order valence-corrected chi connectivity index (χ2v) is 4.39. The van der Waals surface area contributed by atoms with Crippen molar-refractivity contribution in [1.82, 2.24) is 0 Å². The van der Waals surface area contributed by atoms with E-state index in [1.807, 2.05) is 55.5 Å². The maximum Gasteiger partial charge on any atom is 0.193 e. The summed E-state index contributed by atoms with van der Waals surface area (Å²) in [7, 11) is 0. The van der Waals surface area contributed by atoms with Crippen LogP contribution in [0, 0.1) is 6.92 Å². The molecule has 0 aromatic heterocycles. The summed E-state index contributed by atoms with van der Waals surface area (Å²) in [6, 6.07) is 15.3. The minimum Gasteiger partial charge on any atom is -0.330 e. The van der Waals surface area contributed by atoms with E-state index in [2.05, 4.69) is 0 Å². The van der Waals surface area contributed by atoms with Crippen molar-refractivity contribution in [2.75, 3.05) is 6.54 Å². The van der Waals surface area contributed by atoms with Crippen LogP contribution in [0.25, 0.3) is 0 Å². The van der Waals surface area contributed by atoms with Gasteiger partial charge in [0.05, 0.1) is 0 Å². The van der Waals surface area contributed by atoms with Gasteiger partial charge in [-0.15, -0.1) is 0 Å². The number of ketones is 1. The van der Waals surface area contributed by atoms with Crippen molar-refractivity contribution in [2.45, 2.75) is 13.3 Å². The standard InChI is InChI=1S/C16H17NO/c1-12-5-4-7-14(11-12)16(18)15-8-3-2-6-13(15)9-10-17/h2-8,11H,9-10,17H2,1H3. The first-order chi connectivity index (χ1) is 8.72. The molecule has 0 aliphatic rings. The van der Waals surface area contributed by atoms with Crippen LogP contribution in [0.4, 0.5) is 0 Å². The minimum absolute atomic E-state index is 0.0720. The Hall–Kier alpha value is -1.93. The smallest absolute Gasteiger partial charge is 0.193 e. The van der Waals surface area contributed by atoms with Crippen LogP contribution in [0.1, 0.15) is 27.0 Å². The average molecular weight is 239 g/mol. The number of aryl methyl sites for hydroxylation is 1. The van der Waals surface area contributed by atoms with Crippen LogP contribution in [-0.2, 0) is 6.42 Å². The molecule has 2 rings (SSSR count). The molecule has 0 saturated carbocycles. The second-order valence-electron chi connectivity index (χ2n) is 4.39. The van der Waals surface area contributed by atoms with Crippen molar-refractivity contribution < 1.29 is 4.79 Å². The number of benzene rings is 2. The summed E-state index contributed by atoms with van der Waals surface area (Å²) in [5.74, 6) is 0.0720. The zero-order chi connectivity index (χ0) is 13.0. The first-order valence-electron chi connectivity index (χ1n) is 6.11. The average Bonchev–Trinajstić information content (AvgIpc) is 2.39. The third kappa shape index (κ3) is 2.66. The topological polar surface area (TPSA) is 43.1 Å². The number of carbonyl (C=O) groups excluding carboxylic acids is 1. The minimum atomic E-state index is 0.0720. The molecule has 0 heterocycles. The van der Waals surface area contributed by atoms with E-state index in [0.29, 0.717) is 6.54 Å². The molecule has 0 aliphatic carbocycles. The Balaban J connectivity index is 2.40. The van der Waals surface area contributed by atoms with Crippen molar-refractivity contribution in [3.63, 3.8) is 0 Å². The van der Waals surface area contributed by atoms with Crippen LogP contribution in [0.3, 0.4) is 0 Å². The molecule has 0 unspecified atom stereocenters. The summed E-state index contributed by atoms with van der Waals surface area (Å²) >= 11 is 0. The van der Waals surface area contributed by atoms with Crippen LogP contribution in [-0.4, -0.2) is 12.3 Å². The van der Waals surface area contributed by atoms with Gasteiger partial charge in [-0.3, -0.25) is 4.79 Å². The fourth-order valence-corrected chi connectivity index (χ4v) is 2.06. The quantitative estimate of drug-likeness (QED) is 0.834. The van der Waals surface area contributed by atoms with Gasteiger partial charge < -0.3 is 5.73 Å². The number of hydrogen-bond acceptors (Lipinski definition) is 2. The van der Waals surface area contributed by atoms with E-state index >= 15 is 0 Å². The lowest BCUT2D eigenvalue weighted by molar-refractivity contribution is 0.103. The van der Waals surface area contributed by atoms with Gasteiger partial charge in [0.2, 0.25) is 0 Å². The molecule has 0 amide bonds. The molecule has 0 bridgehead atoms. The molecule has 18 heavy (non-hydrogen) atoms. The number of rotatable bonds is 4. The first kappa shape index (κ1) is 12.5. The van der Waals surface area contributed by atoms with Crippen LogP contribution >= 0.6 is 0 Å². The second kappa shape index (κ2) is 5.61. The van der Waals surface area contributed by atoms with Crippen LogP contribution < -0.4 is 5.73 Å². The highest BCUT2D eigenvalue weighted by molar-refractivity contribution is 6.10. The number of hydrogen-bond donors (Lipinski definition) is 1. The monoisotopic (exact) mass is 239 g/mol. The molecule has 0 spiro atoms. The molecule has 0 fully saturated rings. The molecule has 2 aromatic carbocycles. The maximum absolute atomic E-state index is 12.5. The normalized spacial score (nSPS) is 10.3. The molecule has 2 aromatic rings. The Morgan fingerprint density at radius 1 is 1.11 bits per heavy atom. The lowest BCUT2D eigenvalue weighted by Crippen LogP contribution is -2.10. The van der Waals surface area contributed by atoms with E-state index in [0.717, 1.165) is 28.7 Å². The Bertz CT molecular complexity index is 561. The van der Waals surface area contributed by atoms with Crippen LogP contribution in [0.2, 0.25) is 0 Å². The van der Waals surface area contributed by atoms with Crippen molar-refractivity contribution >= 4 is 5.78 Å². The summed E-state index contributed by atoms with van der Waals surface area (Å²) in [5.41, 5.74) is 9.19. The third-order valence-corrected chi connectivity index (χ3v) is 2.96. The summed E-state index contributed by atoms with van der Waals surface area (Å²) in [6.07, 6.45) is 0.730. The number of nitrogens with two attached hydrogens (primary N) is 1. The molecular formula is C16H17NO. The molecule has 0 atom stereocenters. The van der Waals surface area contributed by atoms with E-state index in [4.69, 9.17) is 5.73 Å². The summed E-state index contributed by atoms with van der Waals surface area (Å²) < 4.78 is 0. The lowest BCUT2D eigenvalue weighted by atomic mass is 9.96. The zero-order valence-corrected chi connectivity index (χ0v) is 10.5. The van der Waals surface area contributed by atoms with E-state index in [-0.39, 0.29) is 5.78 Å². The molecule has 0 radical (unpaired) electrons. The Morgan fingerprint density at radius 2 is 1.89 bits per heavy atom. The third-order valence-electron chi connectivity index (χ3n) is 2.96. The highest BCUT2D eigenvalue weighted by Gasteiger charge is 2.12. The van der Waals surface area contributed by atoms with Crippen molar-refractivity contribution in [3.05, 3.63) is 70.8 Å². The predicted octanol–water partition coefficient (Wildman–Crippen LogP) is 2.73. The van der Waals surface area contributed by atoms with Gasteiger partial charge in [-0.25, -0.2) is 0 Å². The van der Waals surface area contributed by atoms with Gasteiger partial charge in [0.15, 0.2) is 5.78 Å².